The second kappa shape index (κ2) is 13.2. The lowest BCUT2D eigenvalue weighted by Crippen LogP contribution is -2.46. The molecule has 3 atom stereocenters. The van der Waals surface area contributed by atoms with Crippen LogP contribution in [0.1, 0.15) is 47.8 Å². The minimum atomic E-state index is -0.242. The third-order valence-corrected chi connectivity index (χ3v) is 9.97. The highest BCUT2D eigenvalue weighted by Gasteiger charge is 2.29. The molecule has 0 bridgehead atoms. The number of piperidine rings is 2. The van der Waals surface area contributed by atoms with Gasteiger partial charge in [-0.1, -0.05) is 36.4 Å². The van der Waals surface area contributed by atoms with Gasteiger partial charge in [0.15, 0.2) is 0 Å². The fourth-order valence-corrected chi connectivity index (χ4v) is 7.22. The summed E-state index contributed by atoms with van der Waals surface area (Å²) in [6, 6.07) is 17.6. The number of likely N-dealkylation sites (N-methyl/N-ethyl adjacent to an activating group) is 1. The third kappa shape index (κ3) is 6.90. The standard InChI is InChI=1S/C33H40BrN7O3/c1-38-20-25(17-26(21-38)36-29-18-35-39(2)33(44)31(29)34)23-5-3-22(4-6-23)19-40-13-15-41(16-14-40)27-9-7-24(8-10-27)28-11-12-30(42)37-32(28)43/h3-10,18,25-26,28,36H,11-17,19-21H2,1-2H3,(H,37,42,43)/t25-,26+,28?/m1/s1. The average Bonchev–Trinajstić information content (AvgIpc) is 3.02. The number of nitrogens with one attached hydrogen (secondary N) is 2. The molecule has 232 valence electrons. The van der Waals surface area contributed by atoms with Gasteiger partial charge in [0.2, 0.25) is 11.8 Å². The topological polar surface area (TPSA) is 103 Å². The summed E-state index contributed by atoms with van der Waals surface area (Å²) >= 11 is 3.44. The van der Waals surface area contributed by atoms with Crippen LogP contribution in [0.3, 0.4) is 0 Å². The summed E-state index contributed by atoms with van der Waals surface area (Å²) in [5.41, 5.74) is 5.42. The van der Waals surface area contributed by atoms with E-state index in [2.05, 4.69) is 89.8 Å². The first-order chi connectivity index (χ1) is 21.2. The van der Waals surface area contributed by atoms with Gasteiger partial charge in [-0.2, -0.15) is 5.10 Å². The van der Waals surface area contributed by atoms with E-state index in [1.165, 1.54) is 21.5 Å². The number of aryl methyl sites for hydroxylation is 1. The van der Waals surface area contributed by atoms with E-state index in [1.807, 2.05) is 12.1 Å². The molecule has 4 heterocycles. The van der Waals surface area contributed by atoms with Crippen molar-refractivity contribution in [2.24, 2.45) is 7.05 Å². The maximum absolute atomic E-state index is 12.3. The van der Waals surface area contributed by atoms with E-state index in [0.29, 0.717) is 23.2 Å². The molecule has 0 saturated carbocycles. The minimum absolute atomic E-state index is 0.145. The molecule has 1 aromatic heterocycles. The van der Waals surface area contributed by atoms with Crippen LogP contribution in [0.25, 0.3) is 0 Å². The number of hydrogen-bond donors (Lipinski definition) is 2. The Bertz CT molecular complexity index is 1550. The van der Waals surface area contributed by atoms with Crippen LogP contribution in [-0.2, 0) is 23.2 Å². The maximum atomic E-state index is 12.3. The van der Waals surface area contributed by atoms with Gasteiger partial charge in [0.05, 0.1) is 17.8 Å². The smallest absolute Gasteiger partial charge is 0.282 e. The minimum Gasteiger partial charge on any atom is -0.379 e. The number of halogens is 1. The van der Waals surface area contributed by atoms with Gasteiger partial charge in [0, 0.05) is 71.0 Å². The van der Waals surface area contributed by atoms with Crippen molar-refractivity contribution in [3.05, 3.63) is 86.2 Å². The van der Waals surface area contributed by atoms with E-state index in [4.69, 9.17) is 0 Å². The molecule has 11 heteroatoms. The highest BCUT2D eigenvalue weighted by Crippen LogP contribution is 2.30. The molecule has 2 N–H and O–H groups in total. The number of amides is 2. The van der Waals surface area contributed by atoms with Crippen molar-refractivity contribution in [2.75, 3.05) is 56.5 Å². The van der Waals surface area contributed by atoms with Crippen molar-refractivity contribution in [1.29, 1.82) is 0 Å². The Morgan fingerprint density at radius 2 is 1.64 bits per heavy atom. The Kier molecular flexibility index (Phi) is 9.16. The molecule has 2 aromatic carbocycles. The summed E-state index contributed by atoms with van der Waals surface area (Å²) in [6.07, 6.45) is 3.67. The largest absolute Gasteiger partial charge is 0.379 e. The Labute approximate surface area is 266 Å². The lowest BCUT2D eigenvalue weighted by molar-refractivity contribution is -0.134. The van der Waals surface area contributed by atoms with Crippen LogP contribution in [0.5, 0.6) is 0 Å². The molecule has 10 nitrogen and oxygen atoms in total. The first-order valence-corrected chi connectivity index (χ1v) is 16.2. The van der Waals surface area contributed by atoms with Gasteiger partial charge in [-0.3, -0.25) is 24.6 Å². The quantitative estimate of drug-likeness (QED) is 0.372. The zero-order valence-electron chi connectivity index (χ0n) is 25.3. The lowest BCUT2D eigenvalue weighted by atomic mass is 9.87. The zero-order valence-corrected chi connectivity index (χ0v) is 26.9. The van der Waals surface area contributed by atoms with Crippen LogP contribution in [0.15, 0.2) is 64.0 Å². The summed E-state index contributed by atoms with van der Waals surface area (Å²) in [5.74, 6) is -0.204. The predicted octanol–water partition coefficient (Wildman–Crippen LogP) is 3.29. The molecule has 0 radical (unpaired) electrons. The van der Waals surface area contributed by atoms with Crippen molar-refractivity contribution in [3.63, 3.8) is 0 Å². The molecule has 6 rings (SSSR count). The normalized spacial score (nSPS) is 23.4. The van der Waals surface area contributed by atoms with E-state index in [1.54, 1.807) is 13.2 Å². The van der Waals surface area contributed by atoms with Crippen LogP contribution >= 0.6 is 15.9 Å². The van der Waals surface area contributed by atoms with Crippen LogP contribution in [0, 0.1) is 0 Å². The third-order valence-electron chi connectivity index (χ3n) is 9.20. The molecule has 3 aliphatic heterocycles. The van der Waals surface area contributed by atoms with Crippen molar-refractivity contribution in [2.45, 2.75) is 43.7 Å². The number of aromatic nitrogens is 2. The fourth-order valence-electron chi connectivity index (χ4n) is 6.74. The highest BCUT2D eigenvalue weighted by molar-refractivity contribution is 9.10. The molecule has 3 fully saturated rings. The molecule has 0 spiro atoms. The number of nitrogens with zero attached hydrogens (tertiary/aromatic N) is 5. The number of benzene rings is 2. The molecule has 0 aliphatic carbocycles. The van der Waals surface area contributed by atoms with E-state index in [0.717, 1.165) is 63.5 Å². The Morgan fingerprint density at radius 3 is 2.34 bits per heavy atom. The summed E-state index contributed by atoms with van der Waals surface area (Å²) in [7, 11) is 3.80. The van der Waals surface area contributed by atoms with Gasteiger partial charge >= 0.3 is 0 Å². The summed E-state index contributed by atoms with van der Waals surface area (Å²) < 4.78 is 1.85. The van der Waals surface area contributed by atoms with E-state index in [-0.39, 0.29) is 29.3 Å². The van der Waals surface area contributed by atoms with Crippen molar-refractivity contribution in [1.82, 2.24) is 24.9 Å². The Hall–Kier alpha value is -3.54. The number of carbonyl (C=O) groups is 2. The van der Waals surface area contributed by atoms with Gasteiger partial charge in [0.25, 0.3) is 5.56 Å². The molecule has 44 heavy (non-hydrogen) atoms. The van der Waals surface area contributed by atoms with Gasteiger partial charge < -0.3 is 15.1 Å². The number of rotatable bonds is 7. The molecule has 3 aromatic rings. The maximum Gasteiger partial charge on any atom is 0.282 e. The molecule has 1 unspecified atom stereocenters. The highest BCUT2D eigenvalue weighted by atomic mass is 79.9. The van der Waals surface area contributed by atoms with Crippen molar-refractivity contribution < 1.29 is 9.59 Å². The number of anilines is 2. The Balaban J connectivity index is 1.00. The number of likely N-dealkylation sites (tertiary alicyclic amines) is 1. The Morgan fingerprint density at radius 1 is 0.932 bits per heavy atom. The van der Waals surface area contributed by atoms with Crippen molar-refractivity contribution >= 4 is 39.1 Å². The van der Waals surface area contributed by atoms with E-state index in [9.17, 15) is 14.4 Å². The second-order valence-electron chi connectivity index (χ2n) is 12.4. The molecule has 3 saturated heterocycles. The van der Waals surface area contributed by atoms with Crippen molar-refractivity contribution in [3.8, 4) is 0 Å². The number of hydrogen-bond acceptors (Lipinski definition) is 8. The average molecular weight is 663 g/mol. The summed E-state index contributed by atoms with van der Waals surface area (Å²) in [5, 5.41) is 10.2. The van der Waals surface area contributed by atoms with Crippen LogP contribution < -0.4 is 21.1 Å². The molecule has 2 amide bonds. The second-order valence-corrected chi connectivity index (χ2v) is 13.2. The van der Waals surface area contributed by atoms with E-state index >= 15 is 0 Å². The monoisotopic (exact) mass is 661 g/mol. The number of carbonyl (C=O) groups excluding carboxylic acids is 2. The van der Waals surface area contributed by atoms with Crippen LogP contribution in [-0.4, -0.2) is 83.8 Å². The molecule has 3 aliphatic rings. The van der Waals surface area contributed by atoms with Gasteiger partial charge in [-0.15, -0.1) is 0 Å². The first-order valence-electron chi connectivity index (χ1n) is 15.4. The summed E-state index contributed by atoms with van der Waals surface area (Å²) in [6.45, 7) is 6.74. The SMILES string of the molecule is CN1C[C@@H](Nc2cnn(C)c(=O)c2Br)C[C@@H](c2ccc(CN3CCN(c4ccc(C5CCC(=O)NC5=O)cc4)CC3)cc2)C1. The lowest BCUT2D eigenvalue weighted by Gasteiger charge is -2.37. The van der Waals surface area contributed by atoms with Gasteiger partial charge in [-0.05, 0) is 70.6 Å². The van der Waals surface area contributed by atoms with Gasteiger partial charge in [-0.25, -0.2) is 4.68 Å². The zero-order chi connectivity index (χ0) is 30.8. The van der Waals surface area contributed by atoms with Gasteiger partial charge in [0.1, 0.15) is 4.47 Å². The fraction of sp³-hybridized carbons (Fsp3) is 0.455. The van der Waals surface area contributed by atoms with Crippen LogP contribution in [0.2, 0.25) is 0 Å². The first kappa shape index (κ1) is 30.5. The van der Waals surface area contributed by atoms with Crippen LogP contribution in [0.4, 0.5) is 11.4 Å². The van der Waals surface area contributed by atoms with E-state index < -0.39 is 0 Å². The summed E-state index contributed by atoms with van der Waals surface area (Å²) in [4.78, 5) is 43.3. The molecular weight excluding hydrogens is 622 g/mol. The molecular formula is C33H40BrN7O3. The number of imide groups is 1. The predicted molar refractivity (Wildman–Crippen MR) is 175 cm³/mol. The number of piperazine rings is 1.